The predicted octanol–water partition coefficient (Wildman–Crippen LogP) is -1.14. The van der Waals surface area contributed by atoms with Gasteiger partial charge in [-0.3, -0.25) is 23.7 Å². The Morgan fingerprint density at radius 1 is 1.08 bits per heavy atom. The van der Waals surface area contributed by atoms with Crippen LogP contribution in [0.5, 0.6) is 5.88 Å². The molecule has 13 nitrogen and oxygen atoms in total. The van der Waals surface area contributed by atoms with Crippen molar-refractivity contribution in [2.24, 2.45) is 19.1 Å². The van der Waals surface area contributed by atoms with Crippen molar-refractivity contribution in [1.29, 1.82) is 0 Å². The van der Waals surface area contributed by atoms with Crippen molar-refractivity contribution in [2.75, 3.05) is 6.61 Å². The summed E-state index contributed by atoms with van der Waals surface area (Å²) in [7, 11) is 2.46. The maximum Gasteiger partial charge on any atom is 0.333 e. The number of benzene rings is 1. The Labute approximate surface area is 211 Å². The van der Waals surface area contributed by atoms with E-state index in [-0.39, 0.29) is 37.1 Å². The number of carboxylic acid groups (broad SMARTS) is 1. The van der Waals surface area contributed by atoms with Gasteiger partial charge in [-0.1, -0.05) is 30.3 Å². The zero-order valence-electron chi connectivity index (χ0n) is 20.4. The fourth-order valence-electron chi connectivity index (χ4n) is 4.02. The Morgan fingerprint density at radius 3 is 2.38 bits per heavy atom. The van der Waals surface area contributed by atoms with E-state index in [0.717, 1.165) is 14.7 Å². The molecule has 202 valence electrons. The van der Waals surface area contributed by atoms with Gasteiger partial charge in [0.05, 0.1) is 18.9 Å². The van der Waals surface area contributed by atoms with E-state index in [1.807, 2.05) is 6.07 Å². The Hall–Kier alpha value is -3.36. The van der Waals surface area contributed by atoms with Gasteiger partial charge in [0, 0.05) is 20.5 Å². The van der Waals surface area contributed by atoms with Gasteiger partial charge >= 0.3 is 11.7 Å². The van der Waals surface area contributed by atoms with Gasteiger partial charge in [0.15, 0.2) is 6.29 Å². The molecule has 1 aromatic carbocycles. The molecule has 2 heterocycles. The molecule has 3 rings (SSSR count). The highest BCUT2D eigenvalue weighted by Gasteiger charge is 2.45. The second kappa shape index (κ2) is 12.3. The fraction of sp³-hybridized carbons (Fsp3) is 0.500. The third kappa shape index (κ3) is 6.32. The van der Waals surface area contributed by atoms with Crippen molar-refractivity contribution < 1.29 is 39.8 Å². The van der Waals surface area contributed by atoms with Crippen LogP contribution in [0.2, 0.25) is 0 Å². The van der Waals surface area contributed by atoms with Crippen LogP contribution in [-0.4, -0.2) is 83.6 Å². The van der Waals surface area contributed by atoms with Gasteiger partial charge in [0.2, 0.25) is 5.88 Å². The highest BCUT2D eigenvalue weighted by atomic mass is 16.7. The molecule has 37 heavy (non-hydrogen) atoms. The summed E-state index contributed by atoms with van der Waals surface area (Å²) < 4.78 is 13.1. The van der Waals surface area contributed by atoms with Crippen molar-refractivity contribution >= 4 is 11.7 Å². The lowest BCUT2D eigenvalue weighted by Gasteiger charge is -2.40. The lowest BCUT2D eigenvalue weighted by atomic mass is 9.96. The lowest BCUT2D eigenvalue weighted by Crippen LogP contribution is -2.58. The molecule has 0 saturated carbocycles. The first-order valence-corrected chi connectivity index (χ1v) is 11.6. The molecule has 1 aliphatic rings. The molecular formula is C24H31N3O10. The third-order valence-electron chi connectivity index (χ3n) is 6.14. The first-order valence-electron chi connectivity index (χ1n) is 11.6. The van der Waals surface area contributed by atoms with Gasteiger partial charge < -0.3 is 35.0 Å². The highest BCUT2D eigenvalue weighted by molar-refractivity contribution is 6.02. The molecule has 5 N–H and O–H groups in total. The molecule has 1 aliphatic heterocycles. The second-order valence-corrected chi connectivity index (χ2v) is 8.72. The third-order valence-corrected chi connectivity index (χ3v) is 6.14. The predicted molar refractivity (Wildman–Crippen MR) is 129 cm³/mol. The van der Waals surface area contributed by atoms with Crippen LogP contribution in [-0.2, 0) is 35.0 Å². The normalized spacial score (nSPS) is 24.2. The van der Waals surface area contributed by atoms with Crippen LogP contribution in [0.15, 0.2) is 44.9 Å². The standard InChI is InChI=1S/C24H31N3O10/c1-26-21(33)17(22(34)27(2)24(26)35)14(9-6-10-16(29)30)25-18-20(32)19(31)15(11-28)37-23(18)36-12-13-7-4-3-5-8-13/h3-5,7-8,15,18-20,23,28,31-33H,6,9-12H2,1-2H3,(H,29,30)/t15-,18-,19-,20-,23+/m1/s1. The molecule has 0 radical (unpaired) electrons. The van der Waals surface area contributed by atoms with E-state index in [2.05, 4.69) is 4.99 Å². The molecule has 1 aromatic heterocycles. The summed E-state index contributed by atoms with van der Waals surface area (Å²) >= 11 is 0. The monoisotopic (exact) mass is 521 g/mol. The number of aliphatic carboxylic acids is 1. The SMILES string of the molecule is Cn1c(O)c(C(CCCC(=O)O)=N[C@H]2[C@@H](OCc3ccccc3)O[C@H](CO)[C@@H](O)[C@@H]2O)c(=O)n(C)c1=O. The summed E-state index contributed by atoms with van der Waals surface area (Å²) in [5.74, 6) is -1.79. The van der Waals surface area contributed by atoms with E-state index in [1.165, 1.54) is 14.1 Å². The quantitative estimate of drug-likeness (QED) is 0.239. The van der Waals surface area contributed by atoms with E-state index in [0.29, 0.717) is 0 Å². The topological polar surface area (TPSA) is 193 Å². The number of nitrogens with zero attached hydrogens (tertiary/aromatic N) is 3. The van der Waals surface area contributed by atoms with Crippen molar-refractivity contribution in [3.05, 3.63) is 62.3 Å². The zero-order chi connectivity index (χ0) is 27.3. The Bertz CT molecular complexity index is 1240. The van der Waals surface area contributed by atoms with Gasteiger partial charge in [-0.25, -0.2) is 4.79 Å². The molecule has 0 aliphatic carbocycles. The van der Waals surface area contributed by atoms with E-state index in [4.69, 9.17) is 14.6 Å². The summed E-state index contributed by atoms with van der Waals surface area (Å²) in [6.07, 6.45) is -6.03. The molecule has 1 fully saturated rings. The fourth-order valence-corrected chi connectivity index (χ4v) is 4.02. The van der Waals surface area contributed by atoms with Crippen LogP contribution in [0.3, 0.4) is 0 Å². The number of aromatic nitrogens is 2. The number of aliphatic hydroxyl groups is 3. The van der Waals surface area contributed by atoms with Crippen molar-refractivity contribution in [3.8, 4) is 5.88 Å². The average Bonchev–Trinajstić information content (AvgIpc) is 2.88. The summed E-state index contributed by atoms with van der Waals surface area (Å²) in [6, 6.07) is 7.66. The number of carbonyl (C=O) groups is 1. The van der Waals surface area contributed by atoms with E-state index in [9.17, 15) is 34.8 Å². The molecule has 0 amide bonds. The van der Waals surface area contributed by atoms with Crippen LogP contribution in [0.4, 0.5) is 0 Å². The van der Waals surface area contributed by atoms with E-state index in [1.54, 1.807) is 24.3 Å². The minimum Gasteiger partial charge on any atom is -0.494 e. The average molecular weight is 522 g/mol. The van der Waals surface area contributed by atoms with Gasteiger partial charge in [-0.2, -0.15) is 0 Å². The summed E-state index contributed by atoms with van der Waals surface area (Å²) in [5.41, 5.74) is -1.37. The number of ether oxygens (including phenoxy) is 2. The van der Waals surface area contributed by atoms with Crippen molar-refractivity contribution in [2.45, 2.75) is 56.5 Å². The van der Waals surface area contributed by atoms with Crippen molar-refractivity contribution in [1.82, 2.24) is 9.13 Å². The molecule has 5 atom stereocenters. The highest BCUT2D eigenvalue weighted by Crippen LogP contribution is 2.27. The Kier molecular flexibility index (Phi) is 9.34. The molecule has 13 heteroatoms. The number of aliphatic imine (C=N–C) groups is 1. The first kappa shape index (κ1) is 28.2. The van der Waals surface area contributed by atoms with Crippen LogP contribution in [0.25, 0.3) is 0 Å². The Balaban J connectivity index is 2.08. The number of aliphatic hydroxyl groups excluding tert-OH is 3. The first-order chi connectivity index (χ1) is 17.6. The number of carboxylic acids is 1. The molecule has 0 unspecified atom stereocenters. The van der Waals surface area contributed by atoms with Gasteiger partial charge in [0.1, 0.15) is 29.9 Å². The minimum atomic E-state index is -1.61. The molecule has 0 spiro atoms. The summed E-state index contributed by atoms with van der Waals surface area (Å²) in [4.78, 5) is 40.7. The maximum absolute atomic E-state index is 13.0. The number of aromatic hydroxyl groups is 1. The second-order valence-electron chi connectivity index (χ2n) is 8.72. The number of rotatable bonds is 10. The molecule has 1 saturated heterocycles. The van der Waals surface area contributed by atoms with Crippen LogP contribution < -0.4 is 11.2 Å². The minimum absolute atomic E-state index is 0.0145. The Morgan fingerprint density at radius 2 is 1.76 bits per heavy atom. The van der Waals surface area contributed by atoms with Crippen molar-refractivity contribution in [3.63, 3.8) is 0 Å². The molecule has 2 aromatic rings. The van der Waals surface area contributed by atoms with Gasteiger partial charge in [-0.15, -0.1) is 0 Å². The van der Waals surface area contributed by atoms with Crippen LogP contribution in [0.1, 0.15) is 30.4 Å². The largest absolute Gasteiger partial charge is 0.494 e. The lowest BCUT2D eigenvalue weighted by molar-refractivity contribution is -0.268. The van der Waals surface area contributed by atoms with Crippen LogP contribution in [0, 0.1) is 0 Å². The molecular weight excluding hydrogens is 490 g/mol. The zero-order valence-corrected chi connectivity index (χ0v) is 20.4. The van der Waals surface area contributed by atoms with Crippen LogP contribution >= 0.6 is 0 Å². The van der Waals surface area contributed by atoms with E-state index >= 15 is 0 Å². The summed E-state index contributed by atoms with van der Waals surface area (Å²) in [5, 5.41) is 50.7. The number of hydrogen-bond acceptors (Lipinski definition) is 10. The smallest absolute Gasteiger partial charge is 0.333 e. The molecule has 0 bridgehead atoms. The van der Waals surface area contributed by atoms with E-state index < -0.39 is 60.3 Å². The van der Waals surface area contributed by atoms with Gasteiger partial charge in [0.25, 0.3) is 5.56 Å². The summed E-state index contributed by atoms with van der Waals surface area (Å²) in [6.45, 7) is -0.590. The number of hydrogen-bond donors (Lipinski definition) is 5. The van der Waals surface area contributed by atoms with Gasteiger partial charge in [-0.05, 0) is 18.4 Å². The maximum atomic E-state index is 13.0.